The summed E-state index contributed by atoms with van der Waals surface area (Å²) in [5.74, 6) is 0.187. The lowest BCUT2D eigenvalue weighted by Crippen LogP contribution is -2.38. The lowest BCUT2D eigenvalue weighted by molar-refractivity contribution is 0.334. The third-order valence-electron chi connectivity index (χ3n) is 5.61. The van der Waals surface area contributed by atoms with Crippen LogP contribution in [0.25, 0.3) is 22.4 Å². The number of aromatic nitrogens is 3. The van der Waals surface area contributed by atoms with E-state index in [1.54, 1.807) is 12.1 Å². The standard InChI is InChI=1S/C21H20ClF2N5O2S/c22-13-5-6-19-17(7-13)18(10-25)20(29(19)15-3-1-2-4-15)21-26-11-16(12-27-21)32(30,31)28-14(8-23)9-24/h5-7,11-12,14-15,28H,1-4,8-9H2. The lowest BCUT2D eigenvalue weighted by Gasteiger charge is -2.17. The van der Waals surface area contributed by atoms with Gasteiger partial charge in [0.1, 0.15) is 30.0 Å². The van der Waals surface area contributed by atoms with E-state index in [0.717, 1.165) is 43.6 Å². The number of hydrogen-bond acceptors (Lipinski definition) is 5. The average molecular weight is 480 g/mol. The maximum absolute atomic E-state index is 12.8. The van der Waals surface area contributed by atoms with E-state index in [1.165, 1.54) is 0 Å². The van der Waals surface area contributed by atoms with Gasteiger partial charge in [0.15, 0.2) is 5.82 Å². The number of alkyl halides is 2. The van der Waals surface area contributed by atoms with Crippen LogP contribution >= 0.6 is 11.6 Å². The minimum absolute atomic E-state index is 0.152. The quantitative estimate of drug-likeness (QED) is 0.543. The van der Waals surface area contributed by atoms with E-state index in [-0.39, 0.29) is 16.8 Å². The smallest absolute Gasteiger partial charge is 0.244 e. The summed E-state index contributed by atoms with van der Waals surface area (Å²) in [6, 6.07) is 6.24. The molecule has 0 bridgehead atoms. The van der Waals surface area contributed by atoms with E-state index in [0.29, 0.717) is 21.7 Å². The summed E-state index contributed by atoms with van der Waals surface area (Å²) in [5, 5.41) is 11.1. The zero-order valence-corrected chi connectivity index (χ0v) is 18.5. The average Bonchev–Trinajstić information content (AvgIpc) is 3.43. The molecule has 11 heteroatoms. The zero-order valence-electron chi connectivity index (χ0n) is 16.9. The fraction of sp³-hybridized carbons (Fsp3) is 0.381. The van der Waals surface area contributed by atoms with Crippen molar-refractivity contribution in [3.05, 3.63) is 41.2 Å². The molecule has 0 radical (unpaired) electrons. The summed E-state index contributed by atoms with van der Waals surface area (Å²) >= 11 is 6.17. The van der Waals surface area contributed by atoms with E-state index in [9.17, 15) is 22.5 Å². The first-order chi connectivity index (χ1) is 15.4. The number of nitrogens with one attached hydrogen (secondary N) is 1. The highest BCUT2D eigenvalue weighted by molar-refractivity contribution is 7.89. The van der Waals surface area contributed by atoms with Crippen molar-refractivity contribution in [3.8, 4) is 17.6 Å². The summed E-state index contributed by atoms with van der Waals surface area (Å²) in [5.41, 5.74) is 1.69. The second-order valence-corrected chi connectivity index (χ2v) is 9.82. The van der Waals surface area contributed by atoms with E-state index in [1.807, 2.05) is 15.4 Å². The van der Waals surface area contributed by atoms with Gasteiger partial charge in [-0.15, -0.1) is 0 Å². The normalized spacial score (nSPS) is 15.0. The Morgan fingerprint density at radius 3 is 2.47 bits per heavy atom. The van der Waals surface area contributed by atoms with Gasteiger partial charge in [-0.2, -0.15) is 5.26 Å². The molecule has 0 atom stereocenters. The molecule has 1 N–H and O–H groups in total. The van der Waals surface area contributed by atoms with Gasteiger partial charge in [-0.25, -0.2) is 31.9 Å². The van der Waals surface area contributed by atoms with Gasteiger partial charge in [0.25, 0.3) is 0 Å². The predicted molar refractivity (Wildman–Crippen MR) is 116 cm³/mol. The first kappa shape index (κ1) is 22.6. The van der Waals surface area contributed by atoms with Gasteiger partial charge in [0.2, 0.25) is 10.0 Å². The van der Waals surface area contributed by atoms with E-state index in [2.05, 4.69) is 16.0 Å². The molecular formula is C21H20ClF2N5O2S. The molecule has 0 unspecified atom stereocenters. The van der Waals surface area contributed by atoms with Crippen LogP contribution in [0, 0.1) is 11.3 Å². The van der Waals surface area contributed by atoms with Crippen LogP contribution in [0.4, 0.5) is 8.78 Å². The van der Waals surface area contributed by atoms with Crippen LogP contribution in [-0.4, -0.2) is 42.3 Å². The highest BCUT2D eigenvalue weighted by atomic mass is 35.5. The fourth-order valence-electron chi connectivity index (χ4n) is 4.13. The molecule has 1 aliphatic carbocycles. The van der Waals surface area contributed by atoms with Crippen molar-refractivity contribution in [1.82, 2.24) is 19.3 Å². The zero-order chi connectivity index (χ0) is 22.9. The Morgan fingerprint density at radius 2 is 1.88 bits per heavy atom. The Morgan fingerprint density at radius 1 is 1.22 bits per heavy atom. The van der Waals surface area contributed by atoms with Crippen molar-refractivity contribution in [2.24, 2.45) is 0 Å². The molecule has 7 nitrogen and oxygen atoms in total. The molecule has 4 rings (SSSR count). The summed E-state index contributed by atoms with van der Waals surface area (Å²) in [6.45, 7) is -2.35. The number of benzene rings is 1. The summed E-state index contributed by atoms with van der Waals surface area (Å²) in [6.07, 6.45) is 6.15. The molecule has 168 valence electrons. The molecule has 0 saturated heterocycles. The Hall–Kier alpha value is -2.61. The van der Waals surface area contributed by atoms with Crippen molar-refractivity contribution in [2.75, 3.05) is 13.3 Å². The van der Waals surface area contributed by atoms with Crippen molar-refractivity contribution >= 4 is 32.5 Å². The summed E-state index contributed by atoms with van der Waals surface area (Å²) in [7, 11) is -4.20. The van der Waals surface area contributed by atoms with Crippen LogP contribution in [0.2, 0.25) is 5.02 Å². The van der Waals surface area contributed by atoms with Crippen LogP contribution in [0.5, 0.6) is 0 Å². The first-order valence-corrected chi connectivity index (χ1v) is 12.0. The summed E-state index contributed by atoms with van der Waals surface area (Å²) in [4.78, 5) is 8.10. The molecule has 0 aliphatic heterocycles. The molecule has 1 aliphatic rings. The van der Waals surface area contributed by atoms with Gasteiger partial charge in [0, 0.05) is 16.5 Å². The molecule has 0 amide bonds. The third-order valence-corrected chi connectivity index (χ3v) is 7.32. The van der Waals surface area contributed by atoms with Crippen LogP contribution in [0.3, 0.4) is 0 Å². The largest absolute Gasteiger partial charge is 0.334 e. The first-order valence-electron chi connectivity index (χ1n) is 10.1. The van der Waals surface area contributed by atoms with Gasteiger partial charge in [0.05, 0.1) is 29.5 Å². The Labute approximate surface area is 189 Å². The number of sulfonamides is 1. The van der Waals surface area contributed by atoms with Crippen LogP contribution in [0.1, 0.15) is 37.3 Å². The van der Waals surface area contributed by atoms with Crippen molar-refractivity contribution in [2.45, 2.75) is 42.7 Å². The lowest BCUT2D eigenvalue weighted by atomic mass is 10.1. The third kappa shape index (κ3) is 4.08. The highest BCUT2D eigenvalue weighted by Gasteiger charge is 2.28. The van der Waals surface area contributed by atoms with E-state index < -0.39 is 29.4 Å². The topological polar surface area (TPSA) is 101 Å². The van der Waals surface area contributed by atoms with Crippen molar-refractivity contribution in [3.63, 3.8) is 0 Å². The predicted octanol–water partition coefficient (Wildman–Crippen LogP) is 4.32. The second kappa shape index (κ2) is 9.10. The highest BCUT2D eigenvalue weighted by Crippen LogP contribution is 2.41. The van der Waals surface area contributed by atoms with E-state index >= 15 is 0 Å². The van der Waals surface area contributed by atoms with Crippen LogP contribution in [0.15, 0.2) is 35.5 Å². The number of fused-ring (bicyclic) bond motifs is 1. The Balaban J connectivity index is 1.83. The van der Waals surface area contributed by atoms with Gasteiger partial charge in [-0.05, 0) is 31.0 Å². The van der Waals surface area contributed by atoms with Gasteiger partial charge in [-0.3, -0.25) is 0 Å². The maximum atomic E-state index is 12.8. The molecule has 2 aromatic heterocycles. The summed E-state index contributed by atoms with van der Waals surface area (Å²) < 4.78 is 54.3. The fourth-order valence-corrected chi connectivity index (χ4v) is 5.39. The molecule has 0 spiro atoms. The Bertz CT molecular complexity index is 1280. The Kier molecular flexibility index (Phi) is 6.42. The number of hydrogen-bond donors (Lipinski definition) is 1. The van der Waals surface area contributed by atoms with Crippen LogP contribution < -0.4 is 4.72 Å². The van der Waals surface area contributed by atoms with E-state index in [4.69, 9.17) is 11.6 Å². The number of halogens is 3. The molecular weight excluding hydrogens is 460 g/mol. The monoisotopic (exact) mass is 479 g/mol. The number of rotatable bonds is 7. The SMILES string of the molecule is N#Cc1c(-c2ncc(S(=O)(=O)NC(CF)CF)cn2)n(C2CCCC2)c2ccc(Cl)cc12. The minimum Gasteiger partial charge on any atom is -0.334 e. The molecule has 1 saturated carbocycles. The molecule has 2 heterocycles. The van der Waals surface area contributed by atoms with Crippen molar-refractivity contribution < 1.29 is 17.2 Å². The van der Waals surface area contributed by atoms with Gasteiger partial charge >= 0.3 is 0 Å². The molecule has 1 aromatic carbocycles. The molecule has 32 heavy (non-hydrogen) atoms. The second-order valence-electron chi connectivity index (χ2n) is 7.67. The molecule has 3 aromatic rings. The minimum atomic E-state index is -4.20. The number of nitriles is 1. The molecule has 1 fully saturated rings. The number of nitrogens with zero attached hydrogens (tertiary/aromatic N) is 4. The van der Waals surface area contributed by atoms with Crippen molar-refractivity contribution in [1.29, 1.82) is 5.26 Å². The maximum Gasteiger partial charge on any atom is 0.244 e. The van der Waals surface area contributed by atoms with Crippen LogP contribution in [-0.2, 0) is 10.0 Å². The van der Waals surface area contributed by atoms with Gasteiger partial charge in [-0.1, -0.05) is 24.4 Å². The van der Waals surface area contributed by atoms with Gasteiger partial charge < -0.3 is 4.57 Å².